The summed E-state index contributed by atoms with van der Waals surface area (Å²) in [4.78, 5) is 55.9. The van der Waals surface area contributed by atoms with Crippen molar-refractivity contribution in [1.82, 2.24) is 4.90 Å². The van der Waals surface area contributed by atoms with Gasteiger partial charge in [-0.2, -0.15) is 0 Å². The van der Waals surface area contributed by atoms with Crippen LogP contribution in [0.4, 0.5) is 0 Å². The fourth-order valence-electron chi connectivity index (χ4n) is 5.45. The van der Waals surface area contributed by atoms with E-state index < -0.39 is 46.9 Å². The van der Waals surface area contributed by atoms with E-state index in [1.807, 2.05) is 6.07 Å². The second-order valence-corrected chi connectivity index (χ2v) is 9.22. The maximum atomic E-state index is 13.7. The molecule has 3 aromatic rings. The largest absolute Gasteiger partial charge is 0.349 e. The first-order valence-corrected chi connectivity index (χ1v) is 11.3. The monoisotopic (exact) mass is 471 g/mol. The number of hydrogen-bond donors (Lipinski definition) is 0. The number of rotatable bonds is 3. The molecule has 6 nitrogen and oxygen atoms in total. The van der Waals surface area contributed by atoms with Gasteiger partial charge in [0.25, 0.3) is 0 Å². The average molecular weight is 472 g/mol. The van der Waals surface area contributed by atoms with E-state index in [9.17, 15) is 19.2 Å². The molecular formula is C27H18ClNO5. The molecule has 2 saturated heterocycles. The summed E-state index contributed by atoms with van der Waals surface area (Å²) < 4.78 is 6.24. The van der Waals surface area contributed by atoms with Crippen LogP contribution in [0.5, 0.6) is 0 Å². The molecule has 0 bridgehead atoms. The van der Waals surface area contributed by atoms with Crippen LogP contribution in [0.25, 0.3) is 0 Å². The maximum Gasteiger partial charge on any atom is 0.237 e. The van der Waals surface area contributed by atoms with E-state index >= 15 is 0 Å². The molecule has 2 amide bonds. The van der Waals surface area contributed by atoms with Crippen LogP contribution in [-0.2, 0) is 20.9 Å². The van der Waals surface area contributed by atoms with Gasteiger partial charge in [0, 0.05) is 16.1 Å². The number of hydrogen-bond acceptors (Lipinski definition) is 5. The Bertz CT molecular complexity index is 1330. The van der Waals surface area contributed by atoms with Gasteiger partial charge in [-0.05, 0) is 23.3 Å². The molecule has 6 rings (SSSR count). The number of fused-ring (bicyclic) bond motifs is 3. The zero-order chi connectivity index (χ0) is 23.6. The van der Waals surface area contributed by atoms with Gasteiger partial charge in [-0.15, -0.1) is 0 Å². The predicted molar refractivity (Wildman–Crippen MR) is 122 cm³/mol. The fraction of sp³-hybridized carbons (Fsp3) is 0.185. The number of halogens is 1. The lowest BCUT2D eigenvalue weighted by atomic mass is 9.77. The summed E-state index contributed by atoms with van der Waals surface area (Å²) in [5.74, 6) is -4.36. The van der Waals surface area contributed by atoms with Crippen molar-refractivity contribution in [2.75, 3.05) is 0 Å². The summed E-state index contributed by atoms with van der Waals surface area (Å²) in [7, 11) is 0. The molecular weight excluding hydrogens is 454 g/mol. The lowest BCUT2D eigenvalue weighted by molar-refractivity contribution is -0.145. The Balaban J connectivity index is 1.48. The molecule has 168 valence electrons. The minimum absolute atomic E-state index is 0.0226. The minimum atomic E-state index is -2.05. The number of ketones is 2. The van der Waals surface area contributed by atoms with Crippen LogP contribution in [0.2, 0.25) is 5.02 Å². The van der Waals surface area contributed by atoms with Gasteiger partial charge in [-0.3, -0.25) is 24.1 Å². The summed E-state index contributed by atoms with van der Waals surface area (Å²) in [5, 5.41) is 0.538. The van der Waals surface area contributed by atoms with Crippen molar-refractivity contribution in [1.29, 1.82) is 0 Å². The zero-order valence-corrected chi connectivity index (χ0v) is 18.6. The highest BCUT2D eigenvalue weighted by molar-refractivity contribution is 6.35. The van der Waals surface area contributed by atoms with E-state index in [1.165, 1.54) is 0 Å². The molecule has 2 fully saturated rings. The highest BCUT2D eigenvalue weighted by atomic mass is 35.5. The second kappa shape index (κ2) is 7.45. The van der Waals surface area contributed by atoms with E-state index in [4.69, 9.17) is 16.3 Å². The van der Waals surface area contributed by atoms with Gasteiger partial charge in [-0.1, -0.05) is 78.3 Å². The van der Waals surface area contributed by atoms with Crippen molar-refractivity contribution in [3.63, 3.8) is 0 Å². The van der Waals surface area contributed by atoms with Crippen LogP contribution in [0.1, 0.15) is 37.9 Å². The summed E-state index contributed by atoms with van der Waals surface area (Å²) >= 11 is 5.97. The van der Waals surface area contributed by atoms with Crippen molar-refractivity contribution >= 4 is 35.0 Å². The summed E-state index contributed by atoms with van der Waals surface area (Å²) in [6.45, 7) is 0.0226. The Morgan fingerprint density at radius 1 is 0.765 bits per heavy atom. The number of ether oxygens (including phenoxy) is 1. The van der Waals surface area contributed by atoms with E-state index in [0.29, 0.717) is 16.1 Å². The topological polar surface area (TPSA) is 80.8 Å². The number of likely N-dealkylation sites (tertiary alicyclic amines) is 1. The van der Waals surface area contributed by atoms with Crippen molar-refractivity contribution in [3.05, 3.63) is 106 Å². The molecule has 2 heterocycles. The second-order valence-electron chi connectivity index (χ2n) is 8.78. The van der Waals surface area contributed by atoms with Gasteiger partial charge in [0.05, 0.1) is 24.5 Å². The fourth-order valence-corrected chi connectivity index (χ4v) is 5.57. The molecule has 0 saturated carbocycles. The third-order valence-corrected chi connectivity index (χ3v) is 7.24. The molecule has 34 heavy (non-hydrogen) atoms. The molecule has 0 radical (unpaired) electrons. The third kappa shape index (κ3) is 2.73. The molecule has 3 atom stereocenters. The van der Waals surface area contributed by atoms with Crippen LogP contribution in [-0.4, -0.2) is 33.9 Å². The van der Waals surface area contributed by atoms with Gasteiger partial charge >= 0.3 is 0 Å². The zero-order valence-electron chi connectivity index (χ0n) is 17.8. The first kappa shape index (κ1) is 21.0. The average Bonchev–Trinajstić information content (AvgIpc) is 3.42. The predicted octanol–water partition coefficient (Wildman–Crippen LogP) is 4.03. The lowest BCUT2D eigenvalue weighted by Gasteiger charge is -2.27. The van der Waals surface area contributed by atoms with Crippen LogP contribution >= 0.6 is 11.6 Å². The number of nitrogens with zero attached hydrogens (tertiary/aromatic N) is 1. The molecule has 2 aliphatic heterocycles. The van der Waals surface area contributed by atoms with E-state index in [1.54, 1.807) is 72.8 Å². The van der Waals surface area contributed by atoms with Gasteiger partial charge < -0.3 is 4.74 Å². The van der Waals surface area contributed by atoms with E-state index in [2.05, 4.69) is 0 Å². The standard InChI is InChI=1S/C27H18ClNO5/c28-17-12-10-15(11-13-17)14-29-25(32)20-21(26(29)33)27(34-22(20)16-6-2-1-3-7-16)23(30)18-8-4-5-9-19(18)24(27)31/h1-13,20-22H,14H2/t20-,21+,22-/m1/s1. The van der Waals surface area contributed by atoms with Gasteiger partial charge in [0.15, 0.2) is 0 Å². The summed E-state index contributed by atoms with van der Waals surface area (Å²) in [5.41, 5.74) is -0.256. The number of benzene rings is 3. The van der Waals surface area contributed by atoms with Crippen molar-refractivity contribution in [2.24, 2.45) is 11.8 Å². The first-order chi connectivity index (χ1) is 16.4. The van der Waals surface area contributed by atoms with E-state index in [-0.39, 0.29) is 17.7 Å². The Labute approximate surface area is 200 Å². The van der Waals surface area contributed by atoms with Gasteiger partial charge in [0.2, 0.25) is 29.0 Å². The number of Topliss-reactive ketones (excluding diaryl/α,β-unsaturated/α-hetero) is 2. The van der Waals surface area contributed by atoms with Crippen LogP contribution in [0.3, 0.4) is 0 Å². The molecule has 0 aromatic heterocycles. The number of amides is 2. The van der Waals surface area contributed by atoms with Crippen molar-refractivity contribution in [3.8, 4) is 0 Å². The summed E-state index contributed by atoms with van der Waals surface area (Å²) in [6, 6.07) is 22.2. The number of imide groups is 1. The number of carbonyl (C=O) groups excluding carboxylic acids is 4. The Kier molecular flexibility index (Phi) is 4.59. The lowest BCUT2D eigenvalue weighted by Crippen LogP contribution is -2.50. The Hall–Kier alpha value is -3.61. The smallest absolute Gasteiger partial charge is 0.237 e. The first-order valence-electron chi connectivity index (χ1n) is 10.9. The minimum Gasteiger partial charge on any atom is -0.349 e. The molecule has 0 N–H and O–H groups in total. The van der Waals surface area contributed by atoms with Crippen LogP contribution in [0, 0.1) is 11.8 Å². The van der Waals surface area contributed by atoms with Crippen LogP contribution < -0.4 is 0 Å². The van der Waals surface area contributed by atoms with Gasteiger partial charge in [-0.25, -0.2) is 0 Å². The molecule has 7 heteroatoms. The Morgan fingerprint density at radius 2 is 1.35 bits per heavy atom. The Morgan fingerprint density at radius 3 is 1.97 bits per heavy atom. The molecule has 1 aliphatic carbocycles. The molecule has 3 aromatic carbocycles. The molecule has 3 aliphatic rings. The SMILES string of the molecule is O=C1[C@H]2[C@@H](c3ccccc3)OC3(C(=O)c4ccccc4C3=O)[C@@H]2C(=O)N1Cc1ccc(Cl)cc1. The van der Waals surface area contributed by atoms with Crippen LogP contribution in [0.15, 0.2) is 78.9 Å². The highest BCUT2D eigenvalue weighted by Crippen LogP contribution is 2.57. The van der Waals surface area contributed by atoms with Crippen molar-refractivity contribution < 1.29 is 23.9 Å². The van der Waals surface area contributed by atoms with E-state index in [0.717, 1.165) is 4.90 Å². The highest BCUT2D eigenvalue weighted by Gasteiger charge is 2.74. The molecule has 1 spiro atoms. The maximum absolute atomic E-state index is 13.7. The molecule has 0 unspecified atom stereocenters. The van der Waals surface area contributed by atoms with Gasteiger partial charge in [0.1, 0.15) is 0 Å². The van der Waals surface area contributed by atoms with Crippen molar-refractivity contribution in [2.45, 2.75) is 18.2 Å². The third-order valence-electron chi connectivity index (χ3n) is 6.99. The quantitative estimate of drug-likeness (QED) is 0.425. The summed E-state index contributed by atoms with van der Waals surface area (Å²) in [6.07, 6.45) is -0.903. The normalized spacial score (nSPS) is 24.7. The number of carbonyl (C=O) groups is 4.